The lowest BCUT2D eigenvalue weighted by molar-refractivity contribution is 0.613. The van der Waals surface area contributed by atoms with Crippen LogP contribution >= 0.6 is 0 Å². The van der Waals surface area contributed by atoms with Crippen molar-refractivity contribution in [3.05, 3.63) is 59.8 Å². The highest BCUT2D eigenvalue weighted by Crippen LogP contribution is 2.20. The summed E-state index contributed by atoms with van der Waals surface area (Å²) in [6, 6.07) is 8.74. The van der Waals surface area contributed by atoms with Gasteiger partial charge in [-0.2, -0.15) is 5.10 Å². The predicted octanol–water partition coefficient (Wildman–Crippen LogP) is 3.60. The fourth-order valence-electron chi connectivity index (χ4n) is 2.18. The minimum Gasteiger partial charge on any atom is -0.364 e. The summed E-state index contributed by atoms with van der Waals surface area (Å²) in [5.41, 5.74) is 2.53. The van der Waals surface area contributed by atoms with Crippen molar-refractivity contribution in [2.24, 2.45) is 0 Å². The average Bonchev–Trinajstić information content (AvgIpc) is 2.91. The van der Waals surface area contributed by atoms with Crippen molar-refractivity contribution in [3.8, 4) is 0 Å². The van der Waals surface area contributed by atoms with Gasteiger partial charge in [0.1, 0.15) is 11.3 Å². The maximum Gasteiger partial charge on any atom is 0.152 e. The van der Waals surface area contributed by atoms with E-state index in [1.54, 1.807) is 22.8 Å². The summed E-state index contributed by atoms with van der Waals surface area (Å²) in [5.74, 6) is 0.845. The van der Waals surface area contributed by atoms with E-state index >= 15 is 0 Å². The van der Waals surface area contributed by atoms with Crippen molar-refractivity contribution in [3.63, 3.8) is 0 Å². The summed E-state index contributed by atoms with van der Waals surface area (Å²) in [6.45, 7) is 4.59. The third-order valence-electron chi connectivity index (χ3n) is 3.40. The molecule has 21 heavy (non-hydrogen) atoms. The summed E-state index contributed by atoms with van der Waals surface area (Å²) < 4.78 is 15.4. The Morgan fingerprint density at radius 2 is 2.10 bits per heavy atom. The number of hydrogen-bond donors (Lipinski definition) is 1. The highest BCUT2D eigenvalue weighted by Gasteiger charge is 2.10. The van der Waals surface area contributed by atoms with Gasteiger partial charge in [0.15, 0.2) is 5.82 Å². The van der Waals surface area contributed by atoms with Gasteiger partial charge < -0.3 is 5.32 Å². The Balaban J connectivity index is 1.88. The van der Waals surface area contributed by atoms with Gasteiger partial charge in [0, 0.05) is 24.5 Å². The summed E-state index contributed by atoms with van der Waals surface area (Å²) in [7, 11) is 0. The van der Waals surface area contributed by atoms with Crippen LogP contribution in [-0.4, -0.2) is 14.6 Å². The van der Waals surface area contributed by atoms with E-state index in [0.29, 0.717) is 23.8 Å². The number of aromatic nitrogens is 3. The number of anilines is 1. The van der Waals surface area contributed by atoms with Gasteiger partial charge in [0.05, 0.1) is 5.69 Å². The van der Waals surface area contributed by atoms with Crippen LogP contribution < -0.4 is 5.32 Å². The maximum absolute atomic E-state index is 13.6. The molecule has 108 valence electrons. The van der Waals surface area contributed by atoms with Crippen molar-refractivity contribution < 1.29 is 4.39 Å². The molecule has 0 saturated heterocycles. The molecule has 5 heteroatoms. The molecule has 3 rings (SSSR count). The van der Waals surface area contributed by atoms with Gasteiger partial charge in [-0.25, -0.2) is 13.9 Å². The van der Waals surface area contributed by atoms with Gasteiger partial charge in [-0.3, -0.25) is 0 Å². The largest absolute Gasteiger partial charge is 0.364 e. The second-order valence-corrected chi connectivity index (χ2v) is 5.27. The second kappa shape index (κ2) is 5.52. The van der Waals surface area contributed by atoms with Crippen LogP contribution in [0.5, 0.6) is 0 Å². The zero-order chi connectivity index (χ0) is 14.8. The van der Waals surface area contributed by atoms with Gasteiger partial charge >= 0.3 is 0 Å². The van der Waals surface area contributed by atoms with Crippen LogP contribution in [0.1, 0.15) is 31.0 Å². The molecule has 0 amide bonds. The van der Waals surface area contributed by atoms with E-state index in [2.05, 4.69) is 29.2 Å². The first-order valence-electron chi connectivity index (χ1n) is 6.96. The smallest absolute Gasteiger partial charge is 0.152 e. The highest BCUT2D eigenvalue weighted by molar-refractivity contribution is 5.68. The molecule has 0 unspecified atom stereocenters. The Labute approximate surface area is 122 Å². The molecule has 0 aliphatic heterocycles. The molecule has 0 spiro atoms. The number of halogens is 1. The third-order valence-corrected chi connectivity index (χ3v) is 3.40. The van der Waals surface area contributed by atoms with Gasteiger partial charge in [0.2, 0.25) is 0 Å². The number of hydrogen-bond acceptors (Lipinski definition) is 3. The number of nitrogens with zero attached hydrogens (tertiary/aromatic N) is 3. The van der Waals surface area contributed by atoms with Crippen LogP contribution in [0.2, 0.25) is 0 Å². The Morgan fingerprint density at radius 1 is 1.29 bits per heavy atom. The number of nitrogens with one attached hydrogen (secondary N) is 1. The third kappa shape index (κ3) is 2.72. The maximum atomic E-state index is 13.6. The molecule has 1 aromatic carbocycles. The van der Waals surface area contributed by atoms with Gasteiger partial charge in [-0.1, -0.05) is 32.0 Å². The Bertz CT molecular complexity index is 764. The molecule has 0 radical (unpaired) electrons. The van der Waals surface area contributed by atoms with Crippen molar-refractivity contribution >= 4 is 11.3 Å². The quantitative estimate of drug-likeness (QED) is 0.796. The Morgan fingerprint density at radius 3 is 2.86 bits per heavy atom. The topological polar surface area (TPSA) is 42.2 Å². The lowest BCUT2D eigenvalue weighted by Crippen LogP contribution is -2.04. The fraction of sp³-hybridized carbons (Fsp3) is 0.250. The molecule has 3 aromatic rings. The Kier molecular flexibility index (Phi) is 3.56. The first kappa shape index (κ1) is 13.5. The minimum absolute atomic E-state index is 0.215. The second-order valence-electron chi connectivity index (χ2n) is 5.27. The van der Waals surface area contributed by atoms with E-state index in [1.165, 1.54) is 6.07 Å². The number of rotatable bonds is 4. The SMILES string of the molecule is CC(C)c1cc2c(NCc3ccccc3F)nccn2n1. The van der Waals surface area contributed by atoms with Crippen molar-refractivity contribution in [2.75, 3.05) is 5.32 Å². The molecular weight excluding hydrogens is 267 g/mol. The molecule has 2 heterocycles. The van der Waals surface area contributed by atoms with E-state index in [9.17, 15) is 4.39 Å². The first-order valence-corrected chi connectivity index (χ1v) is 6.96. The zero-order valence-electron chi connectivity index (χ0n) is 12.0. The van der Waals surface area contributed by atoms with Crippen LogP contribution in [0.3, 0.4) is 0 Å². The number of benzene rings is 1. The predicted molar refractivity (Wildman–Crippen MR) is 80.8 cm³/mol. The molecule has 0 atom stereocenters. The molecule has 0 saturated carbocycles. The molecule has 1 N–H and O–H groups in total. The van der Waals surface area contributed by atoms with Gasteiger partial charge in [-0.15, -0.1) is 0 Å². The standard InChI is InChI=1S/C16H17FN4/c1-11(2)14-9-15-16(18-7-8-21(15)20-14)19-10-12-5-3-4-6-13(12)17/h3-9,11H,10H2,1-2H3,(H,18,19). The van der Waals surface area contributed by atoms with Crippen LogP contribution in [0.15, 0.2) is 42.7 Å². The zero-order valence-corrected chi connectivity index (χ0v) is 12.0. The molecule has 4 nitrogen and oxygen atoms in total. The van der Waals surface area contributed by atoms with Crippen LogP contribution in [0.4, 0.5) is 10.2 Å². The van der Waals surface area contributed by atoms with Gasteiger partial charge in [-0.05, 0) is 18.1 Å². The molecule has 0 aliphatic rings. The van der Waals surface area contributed by atoms with E-state index in [0.717, 1.165) is 11.2 Å². The van der Waals surface area contributed by atoms with Crippen molar-refractivity contribution in [1.29, 1.82) is 0 Å². The van der Waals surface area contributed by atoms with Crippen molar-refractivity contribution in [1.82, 2.24) is 14.6 Å². The lowest BCUT2D eigenvalue weighted by Gasteiger charge is -2.07. The van der Waals surface area contributed by atoms with E-state index in [-0.39, 0.29) is 5.82 Å². The fourth-order valence-corrected chi connectivity index (χ4v) is 2.18. The molecule has 0 fully saturated rings. The van der Waals surface area contributed by atoms with Crippen LogP contribution in [-0.2, 0) is 6.54 Å². The minimum atomic E-state index is -0.215. The van der Waals surface area contributed by atoms with Crippen LogP contribution in [0.25, 0.3) is 5.52 Å². The summed E-state index contributed by atoms with van der Waals surface area (Å²) in [5, 5.41) is 7.69. The van der Waals surface area contributed by atoms with E-state index < -0.39 is 0 Å². The average molecular weight is 284 g/mol. The Hall–Kier alpha value is -2.43. The first-order chi connectivity index (χ1) is 10.1. The summed E-state index contributed by atoms with van der Waals surface area (Å²) >= 11 is 0. The number of fused-ring (bicyclic) bond motifs is 1. The molecule has 0 aliphatic carbocycles. The molecule has 2 aromatic heterocycles. The monoisotopic (exact) mass is 284 g/mol. The van der Waals surface area contributed by atoms with Crippen LogP contribution in [0, 0.1) is 5.82 Å². The van der Waals surface area contributed by atoms with E-state index in [4.69, 9.17) is 0 Å². The van der Waals surface area contributed by atoms with Gasteiger partial charge in [0.25, 0.3) is 0 Å². The summed E-state index contributed by atoms with van der Waals surface area (Å²) in [6.07, 6.45) is 3.50. The highest BCUT2D eigenvalue weighted by atomic mass is 19.1. The van der Waals surface area contributed by atoms with E-state index in [1.807, 2.05) is 18.3 Å². The lowest BCUT2D eigenvalue weighted by atomic mass is 10.1. The van der Waals surface area contributed by atoms with Crippen molar-refractivity contribution in [2.45, 2.75) is 26.3 Å². The normalized spacial score (nSPS) is 11.2. The molecular formula is C16H17FN4. The molecule has 0 bridgehead atoms. The summed E-state index contributed by atoms with van der Waals surface area (Å²) in [4.78, 5) is 4.33.